The molecule has 0 saturated heterocycles. The van der Waals surface area contributed by atoms with Crippen molar-refractivity contribution in [3.05, 3.63) is 0 Å². The third-order valence-electron chi connectivity index (χ3n) is 18.1. The highest BCUT2D eigenvalue weighted by Gasteiger charge is 2.30. The van der Waals surface area contributed by atoms with E-state index >= 15 is 0 Å². The molecule has 0 amide bonds. The predicted octanol–water partition coefficient (Wildman–Crippen LogP) is 23.0. The summed E-state index contributed by atoms with van der Waals surface area (Å²) in [4.78, 5) is 72.9. The van der Waals surface area contributed by atoms with Crippen molar-refractivity contribution in [1.82, 2.24) is 0 Å². The van der Waals surface area contributed by atoms with Crippen molar-refractivity contribution in [2.75, 3.05) is 39.6 Å². The molecule has 0 aliphatic rings. The molecule has 0 aliphatic carbocycles. The zero-order valence-corrected chi connectivity index (χ0v) is 65.3. The van der Waals surface area contributed by atoms with Crippen LogP contribution in [0, 0.1) is 17.8 Å². The topological polar surface area (TPSA) is 237 Å². The van der Waals surface area contributed by atoms with Crippen molar-refractivity contribution >= 4 is 39.5 Å². The van der Waals surface area contributed by atoms with Gasteiger partial charge in [-0.3, -0.25) is 37.3 Å². The number of aliphatic hydroxyl groups is 1. The monoisotopic (exact) mass is 1420 g/mol. The van der Waals surface area contributed by atoms with Crippen molar-refractivity contribution < 1.29 is 80.2 Å². The maximum atomic E-state index is 13.1. The van der Waals surface area contributed by atoms with Gasteiger partial charge in [0.1, 0.15) is 19.3 Å². The molecule has 0 aromatic rings. The standard InChI is InChI=1S/C78H152O17P2/c1-8-9-10-11-12-13-14-19-27-32-39-47-54-61-77(82)95-74(66-89-76(81)60-53-46-41-34-37-44-51-58-71(6)7)68-93-97(86,87)91-64-72(79)63-90-96(84,85)92-67-73(94-78(83)62-55-48-40-33-28-23-18-16-21-25-30-36-43-50-57-70(4)5)65-88-75(80)59-52-45-38-31-26-22-17-15-20-24-29-35-42-49-56-69(2)3/h69-74,79H,8-68H2,1-7H3,(H,84,85)(H,86,87)/t72-,73-,74-/m1/s1. The van der Waals surface area contributed by atoms with E-state index in [1.807, 2.05) is 0 Å². The van der Waals surface area contributed by atoms with Gasteiger partial charge < -0.3 is 33.8 Å². The van der Waals surface area contributed by atoms with Gasteiger partial charge in [0.25, 0.3) is 0 Å². The lowest BCUT2D eigenvalue weighted by molar-refractivity contribution is -0.161. The van der Waals surface area contributed by atoms with Crippen LogP contribution in [0.1, 0.15) is 402 Å². The molecule has 17 nitrogen and oxygen atoms in total. The van der Waals surface area contributed by atoms with Gasteiger partial charge in [0.15, 0.2) is 12.2 Å². The largest absolute Gasteiger partial charge is 0.472 e. The van der Waals surface area contributed by atoms with E-state index in [1.165, 1.54) is 205 Å². The van der Waals surface area contributed by atoms with Gasteiger partial charge in [-0.05, 0) is 43.4 Å². The first-order chi connectivity index (χ1) is 46.7. The summed E-state index contributed by atoms with van der Waals surface area (Å²) in [5.41, 5.74) is 0. The number of carbonyl (C=O) groups excluding carboxylic acids is 4. The molecule has 0 aromatic carbocycles. The average Bonchev–Trinajstić information content (AvgIpc) is 2.52. The van der Waals surface area contributed by atoms with E-state index in [1.54, 1.807) is 0 Å². The van der Waals surface area contributed by atoms with Gasteiger partial charge in [0, 0.05) is 25.7 Å². The summed E-state index contributed by atoms with van der Waals surface area (Å²) in [5.74, 6) is 0.185. The second-order valence-corrected chi connectivity index (χ2v) is 32.4. The Labute approximate surface area is 594 Å². The Bertz CT molecular complexity index is 1890. The number of aliphatic hydroxyl groups excluding tert-OH is 1. The Morgan fingerprint density at radius 2 is 0.474 bits per heavy atom. The fourth-order valence-corrected chi connectivity index (χ4v) is 13.5. The van der Waals surface area contributed by atoms with E-state index in [0.29, 0.717) is 31.6 Å². The molecule has 0 spiro atoms. The van der Waals surface area contributed by atoms with Crippen molar-refractivity contribution in [3.8, 4) is 0 Å². The number of unbranched alkanes of at least 4 members (excludes halogenated alkanes) is 44. The van der Waals surface area contributed by atoms with E-state index in [4.69, 9.17) is 37.0 Å². The molecule has 19 heteroatoms. The minimum Gasteiger partial charge on any atom is -0.462 e. The number of phosphoric acid groups is 2. The summed E-state index contributed by atoms with van der Waals surface area (Å²) in [6.07, 6.45) is 55.5. The van der Waals surface area contributed by atoms with Gasteiger partial charge in [-0.2, -0.15) is 0 Å². The number of esters is 4. The molecule has 576 valence electrons. The molecule has 0 heterocycles. The number of rotatable bonds is 76. The molecule has 0 aromatic heterocycles. The number of carbonyl (C=O) groups is 4. The Morgan fingerprint density at radius 3 is 0.701 bits per heavy atom. The molecule has 0 fully saturated rings. The molecule has 3 N–H and O–H groups in total. The van der Waals surface area contributed by atoms with Gasteiger partial charge in [0.05, 0.1) is 26.4 Å². The maximum Gasteiger partial charge on any atom is 0.472 e. The maximum absolute atomic E-state index is 13.1. The normalized spacial score (nSPS) is 14.0. The van der Waals surface area contributed by atoms with Crippen LogP contribution in [-0.4, -0.2) is 96.7 Å². The lowest BCUT2D eigenvalue weighted by atomic mass is 10.0. The van der Waals surface area contributed by atoms with Crippen molar-refractivity contribution in [2.24, 2.45) is 17.8 Å². The molecule has 0 radical (unpaired) electrons. The summed E-state index contributed by atoms with van der Waals surface area (Å²) < 4.78 is 68.6. The van der Waals surface area contributed by atoms with E-state index < -0.39 is 97.5 Å². The molecule has 0 aliphatic heterocycles. The first-order valence-electron chi connectivity index (χ1n) is 40.3. The predicted molar refractivity (Wildman–Crippen MR) is 395 cm³/mol. The van der Waals surface area contributed by atoms with Crippen LogP contribution in [0.5, 0.6) is 0 Å². The van der Waals surface area contributed by atoms with E-state index in [0.717, 1.165) is 108 Å². The van der Waals surface area contributed by atoms with Gasteiger partial charge in [-0.1, -0.05) is 350 Å². The second kappa shape index (κ2) is 68.5. The molecule has 0 saturated carbocycles. The highest BCUT2D eigenvalue weighted by atomic mass is 31.2. The molecule has 0 rings (SSSR count). The van der Waals surface area contributed by atoms with E-state index in [-0.39, 0.29) is 25.7 Å². The van der Waals surface area contributed by atoms with E-state index in [2.05, 4.69) is 48.5 Å². The van der Waals surface area contributed by atoms with Gasteiger partial charge >= 0.3 is 39.5 Å². The summed E-state index contributed by atoms with van der Waals surface area (Å²) >= 11 is 0. The summed E-state index contributed by atoms with van der Waals surface area (Å²) in [6, 6.07) is 0. The quantitative estimate of drug-likeness (QED) is 0.0222. The second-order valence-electron chi connectivity index (χ2n) is 29.5. The van der Waals surface area contributed by atoms with Gasteiger partial charge in [-0.15, -0.1) is 0 Å². The van der Waals surface area contributed by atoms with Crippen LogP contribution in [-0.2, 0) is 65.4 Å². The Hall–Kier alpha value is -1.94. The summed E-state index contributed by atoms with van der Waals surface area (Å²) in [5, 5.41) is 10.6. The zero-order valence-electron chi connectivity index (χ0n) is 63.5. The first kappa shape index (κ1) is 95.1. The van der Waals surface area contributed by atoms with Crippen LogP contribution in [0.25, 0.3) is 0 Å². The Morgan fingerprint density at radius 1 is 0.278 bits per heavy atom. The molecule has 2 unspecified atom stereocenters. The van der Waals surface area contributed by atoms with E-state index in [9.17, 15) is 43.2 Å². The SMILES string of the molecule is CCCCCCCCCCCCCCCC(=O)O[C@H](COC(=O)CCCCCCCCCC(C)C)COP(=O)(O)OC[C@H](O)COP(=O)(O)OC[C@@H](COC(=O)CCCCCCCCCCCCCCCCC(C)C)OC(=O)CCCCCCCCCCCCCCCCC(C)C. The molecule has 97 heavy (non-hydrogen) atoms. The molecule has 0 bridgehead atoms. The smallest absolute Gasteiger partial charge is 0.462 e. The van der Waals surface area contributed by atoms with Crippen LogP contribution in [0.15, 0.2) is 0 Å². The van der Waals surface area contributed by atoms with Crippen LogP contribution in [0.4, 0.5) is 0 Å². The minimum atomic E-state index is -4.96. The Balaban J connectivity index is 5.24. The minimum absolute atomic E-state index is 0.107. The lowest BCUT2D eigenvalue weighted by Crippen LogP contribution is -2.30. The first-order valence-corrected chi connectivity index (χ1v) is 43.3. The van der Waals surface area contributed by atoms with Gasteiger partial charge in [-0.25, -0.2) is 9.13 Å². The molecular weight excluding hydrogens is 1270 g/mol. The zero-order chi connectivity index (χ0) is 71.6. The van der Waals surface area contributed by atoms with Crippen molar-refractivity contribution in [2.45, 2.75) is 420 Å². The number of ether oxygens (including phenoxy) is 4. The van der Waals surface area contributed by atoms with Crippen molar-refractivity contribution in [1.29, 1.82) is 0 Å². The molecule has 5 atom stereocenters. The highest BCUT2D eigenvalue weighted by Crippen LogP contribution is 2.45. The third-order valence-corrected chi connectivity index (χ3v) is 20.0. The van der Waals surface area contributed by atoms with Crippen LogP contribution in [0.2, 0.25) is 0 Å². The van der Waals surface area contributed by atoms with Crippen LogP contribution >= 0.6 is 15.6 Å². The van der Waals surface area contributed by atoms with Crippen LogP contribution < -0.4 is 0 Å². The fourth-order valence-electron chi connectivity index (χ4n) is 12.0. The summed E-state index contributed by atoms with van der Waals surface area (Å²) in [6.45, 7) is 11.9. The molecular formula is C78H152O17P2. The fraction of sp³-hybridized carbons (Fsp3) is 0.949. The van der Waals surface area contributed by atoms with Crippen LogP contribution in [0.3, 0.4) is 0 Å². The lowest BCUT2D eigenvalue weighted by Gasteiger charge is -2.21. The highest BCUT2D eigenvalue weighted by molar-refractivity contribution is 7.47. The number of phosphoric ester groups is 2. The number of hydrogen-bond donors (Lipinski definition) is 3. The number of hydrogen-bond acceptors (Lipinski definition) is 15. The Kier molecular flexibility index (Phi) is 67.1. The third kappa shape index (κ3) is 72.2. The average molecular weight is 1420 g/mol. The summed E-state index contributed by atoms with van der Waals surface area (Å²) in [7, 11) is -9.91. The van der Waals surface area contributed by atoms with Crippen molar-refractivity contribution in [3.63, 3.8) is 0 Å². The van der Waals surface area contributed by atoms with Gasteiger partial charge in [0.2, 0.25) is 0 Å².